The van der Waals surface area contributed by atoms with Crippen molar-refractivity contribution in [1.29, 1.82) is 0 Å². The van der Waals surface area contributed by atoms with Crippen molar-refractivity contribution in [3.05, 3.63) is 0 Å². The molecule has 4 N–H and O–H groups in total. The Balaban J connectivity index is 3.69. The van der Waals surface area contributed by atoms with Crippen molar-refractivity contribution >= 4 is 23.8 Å². The van der Waals surface area contributed by atoms with Gasteiger partial charge in [-0.2, -0.15) is 0 Å². The number of nitrogens with two attached hydrogens (primary N) is 1. The van der Waals surface area contributed by atoms with Gasteiger partial charge in [-0.3, -0.25) is 24.2 Å². The molecule has 0 spiro atoms. The Kier molecular flexibility index (Phi) is 20.0. The second-order valence-electron chi connectivity index (χ2n) is 8.98. The molecule has 9 nitrogen and oxygen atoms in total. The quantitative estimate of drug-likeness (QED) is 0.0846. The number of carbonyl (C=O) groups is 4. The van der Waals surface area contributed by atoms with Gasteiger partial charge in [-0.15, -0.1) is 0 Å². The maximum atomic E-state index is 12.4. The molecule has 0 aromatic heterocycles. The Morgan fingerprint density at radius 1 is 0.588 bits per heavy atom. The Labute approximate surface area is 205 Å². The zero-order valence-corrected chi connectivity index (χ0v) is 21.1. The number of hydrogen-bond acceptors (Lipinski definition) is 5. The first-order valence-corrected chi connectivity index (χ1v) is 13.0. The number of aliphatic carboxylic acids is 2. The van der Waals surface area contributed by atoms with Crippen LogP contribution in [0.5, 0.6) is 0 Å². The monoisotopic (exact) mass is 485 g/mol. The maximum absolute atomic E-state index is 12.4. The number of carbonyl (C=O) groups excluding carboxylic acids is 2. The van der Waals surface area contributed by atoms with E-state index in [1.54, 1.807) is 6.92 Å². The van der Waals surface area contributed by atoms with Gasteiger partial charge in [-0.25, -0.2) is 5.84 Å². The highest BCUT2D eigenvalue weighted by molar-refractivity contribution is 5.82. The molecule has 0 bridgehead atoms. The zero-order valence-electron chi connectivity index (χ0n) is 21.1. The lowest BCUT2D eigenvalue weighted by Crippen LogP contribution is -2.41. The number of carboxylic acid groups (broad SMARTS) is 2. The van der Waals surface area contributed by atoms with Crippen molar-refractivity contribution < 1.29 is 29.4 Å². The molecule has 0 fully saturated rings. The van der Waals surface area contributed by atoms with Gasteiger partial charge in [0, 0.05) is 32.4 Å². The number of nitrogens with zero attached hydrogens (tertiary/aromatic N) is 2. The number of hydrogen-bond donors (Lipinski definition) is 3. The lowest BCUT2D eigenvalue weighted by molar-refractivity contribution is -0.145. The molecule has 9 heteroatoms. The Morgan fingerprint density at radius 2 is 1.00 bits per heavy atom. The van der Waals surface area contributed by atoms with E-state index in [9.17, 15) is 19.2 Å². The zero-order chi connectivity index (χ0) is 25.6. The van der Waals surface area contributed by atoms with Crippen LogP contribution in [0.4, 0.5) is 0 Å². The van der Waals surface area contributed by atoms with Gasteiger partial charge in [0.1, 0.15) is 6.54 Å². The summed E-state index contributed by atoms with van der Waals surface area (Å²) in [6.07, 6.45) is 16.1. The summed E-state index contributed by atoms with van der Waals surface area (Å²) in [7, 11) is 0. The van der Waals surface area contributed by atoms with Crippen LogP contribution in [-0.4, -0.2) is 63.5 Å². The molecule has 0 aromatic carbocycles. The van der Waals surface area contributed by atoms with Gasteiger partial charge in [0.05, 0.1) is 0 Å². The normalized spacial score (nSPS) is 10.8. The van der Waals surface area contributed by atoms with Crippen LogP contribution in [0.3, 0.4) is 0 Å². The molecule has 0 aliphatic heterocycles. The summed E-state index contributed by atoms with van der Waals surface area (Å²) in [6, 6.07) is 0. The molecule has 0 aliphatic rings. The predicted molar refractivity (Wildman–Crippen MR) is 132 cm³/mol. The second-order valence-corrected chi connectivity index (χ2v) is 8.98. The smallest absolute Gasteiger partial charge is 0.323 e. The van der Waals surface area contributed by atoms with Crippen molar-refractivity contribution in [2.75, 3.05) is 19.6 Å². The van der Waals surface area contributed by atoms with Crippen molar-refractivity contribution in [1.82, 2.24) is 9.91 Å². The summed E-state index contributed by atoms with van der Waals surface area (Å²) < 4.78 is 0. The first-order chi connectivity index (χ1) is 16.3. The lowest BCUT2D eigenvalue weighted by atomic mass is 10.0. The summed E-state index contributed by atoms with van der Waals surface area (Å²) in [4.78, 5) is 46.9. The number of carboxylic acids is 2. The van der Waals surface area contributed by atoms with Crippen LogP contribution in [0.2, 0.25) is 0 Å². The highest BCUT2D eigenvalue weighted by atomic mass is 16.4. The summed E-state index contributed by atoms with van der Waals surface area (Å²) in [6.45, 7) is 1.79. The van der Waals surface area contributed by atoms with Crippen molar-refractivity contribution in [3.8, 4) is 0 Å². The topological polar surface area (TPSA) is 141 Å². The summed E-state index contributed by atoms with van der Waals surface area (Å²) >= 11 is 0. The number of rotatable bonds is 23. The number of hydrazine groups is 1. The van der Waals surface area contributed by atoms with Gasteiger partial charge in [-0.1, -0.05) is 77.0 Å². The molecule has 34 heavy (non-hydrogen) atoms. The van der Waals surface area contributed by atoms with E-state index < -0.39 is 18.5 Å². The Bertz CT molecular complexity index is 585. The summed E-state index contributed by atoms with van der Waals surface area (Å²) in [5, 5.41) is 18.7. The molecule has 0 radical (unpaired) electrons. The highest BCUT2D eigenvalue weighted by Crippen LogP contribution is 2.14. The Morgan fingerprint density at radius 3 is 1.38 bits per heavy atom. The van der Waals surface area contributed by atoms with Crippen LogP contribution < -0.4 is 5.84 Å². The van der Waals surface area contributed by atoms with Gasteiger partial charge >= 0.3 is 11.9 Å². The van der Waals surface area contributed by atoms with Gasteiger partial charge in [0.15, 0.2) is 0 Å². The SMILES string of the molecule is CCN(N)C(=O)CCN(CC(=O)O)C(=O)CCCCCCCCCCCCCCCCC(=O)O. The van der Waals surface area contributed by atoms with Crippen LogP contribution in [0.25, 0.3) is 0 Å². The molecule has 0 saturated heterocycles. The average Bonchev–Trinajstić information content (AvgIpc) is 2.79. The Hall–Kier alpha value is -2.16. The van der Waals surface area contributed by atoms with E-state index in [1.165, 1.54) is 49.8 Å². The van der Waals surface area contributed by atoms with E-state index >= 15 is 0 Å². The predicted octanol–water partition coefficient (Wildman–Crippen LogP) is 4.34. The molecule has 2 amide bonds. The molecular formula is C25H47N3O6. The van der Waals surface area contributed by atoms with Crippen LogP contribution in [0, 0.1) is 0 Å². The fourth-order valence-electron chi connectivity index (χ4n) is 3.84. The minimum atomic E-state index is -1.09. The fourth-order valence-corrected chi connectivity index (χ4v) is 3.84. The molecule has 0 aromatic rings. The van der Waals surface area contributed by atoms with E-state index in [4.69, 9.17) is 16.1 Å². The van der Waals surface area contributed by atoms with Crippen molar-refractivity contribution in [3.63, 3.8) is 0 Å². The molecular weight excluding hydrogens is 438 g/mol. The largest absolute Gasteiger partial charge is 0.481 e. The van der Waals surface area contributed by atoms with Gasteiger partial charge in [-0.05, 0) is 19.8 Å². The van der Waals surface area contributed by atoms with E-state index in [-0.39, 0.29) is 31.2 Å². The van der Waals surface area contributed by atoms with E-state index in [0.717, 1.165) is 50.0 Å². The molecule has 0 aliphatic carbocycles. The molecule has 0 atom stereocenters. The number of amides is 2. The van der Waals surface area contributed by atoms with Crippen LogP contribution in [0.1, 0.15) is 116 Å². The van der Waals surface area contributed by atoms with Gasteiger partial charge in [0.2, 0.25) is 11.8 Å². The molecule has 0 saturated carbocycles. The van der Waals surface area contributed by atoms with E-state index in [1.807, 2.05) is 0 Å². The fraction of sp³-hybridized carbons (Fsp3) is 0.840. The third-order valence-corrected chi connectivity index (χ3v) is 5.97. The summed E-state index contributed by atoms with van der Waals surface area (Å²) in [5.41, 5.74) is 0. The van der Waals surface area contributed by atoms with Gasteiger partial charge in [0.25, 0.3) is 0 Å². The van der Waals surface area contributed by atoms with Crippen LogP contribution in [-0.2, 0) is 19.2 Å². The van der Waals surface area contributed by atoms with Gasteiger partial charge < -0.3 is 15.1 Å². The highest BCUT2D eigenvalue weighted by Gasteiger charge is 2.18. The van der Waals surface area contributed by atoms with Crippen LogP contribution >= 0.6 is 0 Å². The number of unbranched alkanes of at least 4 members (excludes halogenated alkanes) is 13. The van der Waals surface area contributed by atoms with E-state index in [2.05, 4.69) is 0 Å². The maximum Gasteiger partial charge on any atom is 0.323 e. The summed E-state index contributed by atoms with van der Waals surface area (Å²) in [5.74, 6) is 3.22. The van der Waals surface area contributed by atoms with Crippen molar-refractivity contribution in [2.45, 2.75) is 116 Å². The standard InChI is InChI=1S/C25H47N3O6/c1-2-28(26)23(30)19-20-27(21-25(33)34)22(29)17-15-13-11-9-7-5-3-4-6-8-10-12-14-16-18-24(31)32/h2-21,26H2,1H3,(H,31,32)(H,33,34). The molecule has 0 unspecified atom stereocenters. The first-order valence-electron chi connectivity index (χ1n) is 13.0. The molecule has 198 valence electrons. The third kappa shape index (κ3) is 19.3. The van der Waals surface area contributed by atoms with Crippen LogP contribution in [0.15, 0.2) is 0 Å². The lowest BCUT2D eigenvalue weighted by Gasteiger charge is -2.22. The average molecular weight is 486 g/mol. The van der Waals surface area contributed by atoms with Crippen molar-refractivity contribution in [2.24, 2.45) is 5.84 Å². The first kappa shape index (κ1) is 31.8. The minimum absolute atomic E-state index is 0.0240. The third-order valence-electron chi connectivity index (χ3n) is 5.97. The second kappa shape index (κ2) is 21.4. The minimum Gasteiger partial charge on any atom is -0.481 e. The molecule has 0 heterocycles. The molecule has 0 rings (SSSR count). The van der Waals surface area contributed by atoms with E-state index in [0.29, 0.717) is 13.0 Å².